The number of halogens is 1. The number of hydrogen-bond donors (Lipinski definition) is 1. The number of pyridine rings is 1. The largest absolute Gasteiger partial charge is 0.362 e. The van der Waals surface area contributed by atoms with Gasteiger partial charge in [-0.3, -0.25) is 9.69 Å². The fourth-order valence-electron chi connectivity index (χ4n) is 3.18. The second kappa shape index (κ2) is 6.44. The van der Waals surface area contributed by atoms with E-state index in [9.17, 15) is 9.18 Å². The molecule has 1 aliphatic rings. The Bertz CT molecular complexity index is 685. The molecule has 0 bridgehead atoms. The summed E-state index contributed by atoms with van der Waals surface area (Å²) in [6.07, 6.45) is 2.08. The van der Waals surface area contributed by atoms with E-state index in [1.165, 1.54) is 12.1 Å². The molecule has 4 heteroatoms. The Hall–Kier alpha value is -1.94. The van der Waals surface area contributed by atoms with Crippen LogP contribution >= 0.6 is 0 Å². The molecule has 1 N–H and O–H groups in total. The van der Waals surface area contributed by atoms with E-state index in [1.54, 1.807) is 12.1 Å². The van der Waals surface area contributed by atoms with Crippen LogP contribution in [0, 0.1) is 12.7 Å². The van der Waals surface area contributed by atoms with Crippen molar-refractivity contribution < 1.29 is 4.39 Å². The van der Waals surface area contributed by atoms with Crippen molar-refractivity contribution in [2.45, 2.75) is 32.2 Å². The summed E-state index contributed by atoms with van der Waals surface area (Å²) in [5.41, 5.74) is 3.21. The highest BCUT2D eigenvalue weighted by atomic mass is 19.1. The van der Waals surface area contributed by atoms with Crippen LogP contribution in [0.15, 0.2) is 41.2 Å². The van der Waals surface area contributed by atoms with Gasteiger partial charge in [-0.25, -0.2) is 4.39 Å². The minimum atomic E-state index is -0.189. The van der Waals surface area contributed by atoms with E-state index in [4.69, 9.17) is 0 Å². The lowest BCUT2D eigenvalue weighted by Crippen LogP contribution is -2.33. The van der Waals surface area contributed by atoms with Gasteiger partial charge in [-0.05, 0) is 50.6 Å². The highest BCUT2D eigenvalue weighted by molar-refractivity contribution is 5.17. The molecule has 0 radical (unpaired) electrons. The molecular formula is C18H21FN2O. The lowest BCUT2D eigenvalue weighted by molar-refractivity contribution is 0.203. The number of rotatable bonds is 3. The Morgan fingerprint density at radius 1 is 1.18 bits per heavy atom. The number of likely N-dealkylation sites (tertiary alicyclic amines) is 1. The van der Waals surface area contributed by atoms with Crippen LogP contribution in [0.5, 0.6) is 0 Å². The van der Waals surface area contributed by atoms with Crippen LogP contribution in [-0.2, 0) is 6.54 Å². The van der Waals surface area contributed by atoms with Gasteiger partial charge in [0, 0.05) is 36.0 Å². The van der Waals surface area contributed by atoms with Gasteiger partial charge in [0.05, 0.1) is 0 Å². The normalized spacial score (nSPS) is 16.8. The quantitative estimate of drug-likeness (QED) is 0.945. The highest BCUT2D eigenvalue weighted by Gasteiger charge is 2.21. The third kappa shape index (κ3) is 3.63. The summed E-state index contributed by atoms with van der Waals surface area (Å²) in [5, 5.41) is 0. The van der Waals surface area contributed by atoms with Crippen molar-refractivity contribution in [3.8, 4) is 0 Å². The Balaban J connectivity index is 1.60. The van der Waals surface area contributed by atoms with Crippen LogP contribution in [0.4, 0.5) is 4.39 Å². The highest BCUT2D eigenvalue weighted by Crippen LogP contribution is 2.26. The van der Waals surface area contributed by atoms with Gasteiger partial charge in [0.15, 0.2) is 5.43 Å². The molecule has 1 aliphatic heterocycles. The standard InChI is InChI=1S/C18H21FN2O/c1-13-10-17(22)11-18(20-13)15-6-8-21(9-7-15)12-14-2-4-16(19)5-3-14/h2-5,10-11,15H,6-9,12H2,1H3,(H,20,22). The summed E-state index contributed by atoms with van der Waals surface area (Å²) < 4.78 is 12.9. The second-order valence-electron chi connectivity index (χ2n) is 6.13. The molecule has 1 aromatic heterocycles. The Labute approximate surface area is 129 Å². The molecule has 22 heavy (non-hydrogen) atoms. The van der Waals surface area contributed by atoms with E-state index in [0.29, 0.717) is 5.92 Å². The van der Waals surface area contributed by atoms with E-state index in [0.717, 1.165) is 49.4 Å². The molecular weight excluding hydrogens is 279 g/mol. The molecule has 3 nitrogen and oxygen atoms in total. The summed E-state index contributed by atoms with van der Waals surface area (Å²) in [6, 6.07) is 10.1. The van der Waals surface area contributed by atoms with Crippen molar-refractivity contribution in [1.82, 2.24) is 9.88 Å². The van der Waals surface area contributed by atoms with Crippen LogP contribution in [-0.4, -0.2) is 23.0 Å². The average Bonchev–Trinajstić information content (AvgIpc) is 2.49. The molecule has 116 valence electrons. The average molecular weight is 300 g/mol. The lowest BCUT2D eigenvalue weighted by Gasteiger charge is -2.32. The molecule has 1 aromatic carbocycles. The topological polar surface area (TPSA) is 36.1 Å². The van der Waals surface area contributed by atoms with Crippen molar-refractivity contribution in [2.75, 3.05) is 13.1 Å². The maximum Gasteiger partial charge on any atom is 0.182 e. The number of hydrogen-bond acceptors (Lipinski definition) is 2. The van der Waals surface area contributed by atoms with Crippen molar-refractivity contribution in [2.24, 2.45) is 0 Å². The molecule has 1 saturated heterocycles. The van der Waals surface area contributed by atoms with Gasteiger partial charge in [0.25, 0.3) is 0 Å². The number of benzene rings is 1. The molecule has 0 aliphatic carbocycles. The van der Waals surface area contributed by atoms with Crippen LogP contribution in [0.2, 0.25) is 0 Å². The fraction of sp³-hybridized carbons (Fsp3) is 0.389. The monoisotopic (exact) mass is 300 g/mol. The summed E-state index contributed by atoms with van der Waals surface area (Å²) in [6.45, 7) is 4.78. The fourth-order valence-corrected chi connectivity index (χ4v) is 3.18. The summed E-state index contributed by atoms with van der Waals surface area (Å²) in [4.78, 5) is 17.3. The first kappa shape index (κ1) is 15.0. The van der Waals surface area contributed by atoms with Crippen molar-refractivity contribution in [1.29, 1.82) is 0 Å². The third-order valence-corrected chi connectivity index (χ3v) is 4.34. The summed E-state index contributed by atoms with van der Waals surface area (Å²) in [7, 11) is 0. The molecule has 1 fully saturated rings. The molecule has 0 unspecified atom stereocenters. The molecule has 0 spiro atoms. The number of aromatic nitrogens is 1. The Morgan fingerprint density at radius 2 is 1.86 bits per heavy atom. The van der Waals surface area contributed by atoms with Crippen LogP contribution < -0.4 is 5.43 Å². The molecule has 0 amide bonds. The van der Waals surface area contributed by atoms with Crippen LogP contribution in [0.25, 0.3) is 0 Å². The Kier molecular flexibility index (Phi) is 4.39. The molecule has 0 saturated carbocycles. The van der Waals surface area contributed by atoms with Crippen LogP contribution in [0.1, 0.15) is 35.7 Å². The number of piperidine rings is 1. The Morgan fingerprint density at radius 3 is 2.50 bits per heavy atom. The minimum Gasteiger partial charge on any atom is -0.362 e. The molecule has 3 rings (SSSR count). The molecule has 2 aromatic rings. The first-order chi connectivity index (χ1) is 10.6. The zero-order valence-electron chi connectivity index (χ0n) is 12.8. The summed E-state index contributed by atoms with van der Waals surface area (Å²) in [5.74, 6) is 0.239. The van der Waals surface area contributed by atoms with E-state index >= 15 is 0 Å². The lowest BCUT2D eigenvalue weighted by atomic mass is 9.92. The smallest absolute Gasteiger partial charge is 0.182 e. The van der Waals surface area contributed by atoms with E-state index in [2.05, 4.69) is 9.88 Å². The molecule has 2 heterocycles. The third-order valence-electron chi connectivity index (χ3n) is 4.34. The van der Waals surface area contributed by atoms with Gasteiger partial charge in [-0.1, -0.05) is 12.1 Å². The van der Waals surface area contributed by atoms with Crippen molar-refractivity contribution >= 4 is 0 Å². The number of aromatic amines is 1. The zero-order valence-corrected chi connectivity index (χ0v) is 12.8. The number of aryl methyl sites for hydroxylation is 1. The first-order valence-electron chi connectivity index (χ1n) is 7.78. The first-order valence-corrected chi connectivity index (χ1v) is 7.78. The van der Waals surface area contributed by atoms with Gasteiger partial charge in [0.2, 0.25) is 0 Å². The predicted molar refractivity (Wildman–Crippen MR) is 85.5 cm³/mol. The maximum atomic E-state index is 12.9. The van der Waals surface area contributed by atoms with Crippen molar-refractivity contribution in [3.05, 3.63) is 69.4 Å². The van der Waals surface area contributed by atoms with Gasteiger partial charge in [0.1, 0.15) is 5.82 Å². The summed E-state index contributed by atoms with van der Waals surface area (Å²) >= 11 is 0. The van der Waals surface area contributed by atoms with Crippen molar-refractivity contribution in [3.63, 3.8) is 0 Å². The van der Waals surface area contributed by atoms with E-state index in [1.807, 2.05) is 19.1 Å². The zero-order chi connectivity index (χ0) is 15.5. The molecule has 0 atom stereocenters. The van der Waals surface area contributed by atoms with Gasteiger partial charge < -0.3 is 4.98 Å². The SMILES string of the molecule is Cc1cc(=O)cc(C2CCN(Cc3ccc(F)cc3)CC2)[nH]1. The maximum absolute atomic E-state index is 12.9. The van der Waals surface area contributed by atoms with Gasteiger partial charge in [-0.15, -0.1) is 0 Å². The van der Waals surface area contributed by atoms with Crippen LogP contribution in [0.3, 0.4) is 0 Å². The number of nitrogens with zero attached hydrogens (tertiary/aromatic N) is 1. The van der Waals surface area contributed by atoms with Gasteiger partial charge >= 0.3 is 0 Å². The number of nitrogens with one attached hydrogen (secondary N) is 1. The van der Waals surface area contributed by atoms with E-state index in [-0.39, 0.29) is 11.2 Å². The predicted octanol–water partition coefficient (Wildman–Crippen LogP) is 3.20. The number of H-pyrrole nitrogens is 1. The second-order valence-corrected chi connectivity index (χ2v) is 6.13. The van der Waals surface area contributed by atoms with E-state index < -0.39 is 0 Å². The minimum absolute atomic E-state index is 0.0833. The van der Waals surface area contributed by atoms with Gasteiger partial charge in [-0.2, -0.15) is 0 Å².